The highest BCUT2D eigenvalue weighted by Crippen LogP contribution is 2.47. The minimum atomic E-state index is -4.29. The van der Waals surface area contributed by atoms with Crippen LogP contribution in [0.1, 0.15) is 68.2 Å². The second-order valence-electron chi connectivity index (χ2n) is 9.03. The van der Waals surface area contributed by atoms with Gasteiger partial charge in [0.2, 0.25) is 5.09 Å². The number of anilines is 1. The summed E-state index contributed by atoms with van der Waals surface area (Å²) in [4.78, 5) is 12.7. The molecule has 0 unspecified atom stereocenters. The van der Waals surface area contributed by atoms with E-state index in [1.807, 2.05) is 11.6 Å². The quantitative estimate of drug-likeness (QED) is 0.612. The smallest absolute Gasteiger partial charge is 0.333 e. The van der Waals surface area contributed by atoms with Crippen LogP contribution in [0.4, 0.5) is 14.9 Å². The first kappa shape index (κ1) is 21.8. The molecule has 2 aliphatic carbocycles. The van der Waals surface area contributed by atoms with Crippen LogP contribution >= 0.6 is 0 Å². The van der Waals surface area contributed by atoms with Gasteiger partial charge in [-0.25, -0.2) is 13.9 Å². The zero-order valence-corrected chi connectivity index (χ0v) is 18.6. The van der Waals surface area contributed by atoms with E-state index in [4.69, 9.17) is 4.42 Å². The summed E-state index contributed by atoms with van der Waals surface area (Å²) in [6.45, 7) is 4.99. The molecular formula is C22H27FN2O5S. The molecule has 2 aromatic rings. The van der Waals surface area contributed by atoms with Crippen LogP contribution in [0, 0.1) is 11.7 Å². The summed E-state index contributed by atoms with van der Waals surface area (Å²) >= 11 is 0. The summed E-state index contributed by atoms with van der Waals surface area (Å²) in [7, 11) is -4.29. The first-order valence-electron chi connectivity index (χ1n) is 10.5. The molecule has 7 nitrogen and oxygen atoms in total. The SMILES string of the molecule is C[C@H](c1cc(F)c2c(c1NC(=O)NS(=O)(=O)c1cc(C(C)(C)O)co1)CCC2)C1CC1. The van der Waals surface area contributed by atoms with Crippen molar-refractivity contribution >= 4 is 21.7 Å². The van der Waals surface area contributed by atoms with E-state index in [1.165, 1.54) is 26.0 Å². The standard InChI is InChI=1S/C22H27FN2O5S/c1-12(13-7-8-13)17-10-18(23)15-5-4-6-16(15)20(17)24-21(26)25-31(28,29)19-9-14(11-30-19)22(2,3)27/h9-13,27H,4-8H2,1-3H3,(H2,24,25,26)/t12-/m0/s1. The van der Waals surface area contributed by atoms with Crippen LogP contribution in [0.2, 0.25) is 0 Å². The normalized spacial score (nSPS) is 17.3. The average Bonchev–Trinajstić information content (AvgIpc) is 3.17. The fraction of sp³-hybridized carbons (Fsp3) is 0.500. The van der Waals surface area contributed by atoms with E-state index in [0.29, 0.717) is 35.6 Å². The highest BCUT2D eigenvalue weighted by molar-refractivity contribution is 7.89. The molecule has 3 N–H and O–H groups in total. The van der Waals surface area contributed by atoms with Crippen molar-refractivity contribution < 1.29 is 27.1 Å². The molecule has 0 spiro atoms. The van der Waals surface area contributed by atoms with Crippen LogP contribution in [0.15, 0.2) is 27.9 Å². The van der Waals surface area contributed by atoms with E-state index < -0.39 is 26.7 Å². The Kier molecular flexibility index (Phi) is 5.37. The maximum absolute atomic E-state index is 14.6. The number of amides is 2. The van der Waals surface area contributed by atoms with Gasteiger partial charge in [-0.15, -0.1) is 0 Å². The maximum atomic E-state index is 14.6. The molecule has 1 fully saturated rings. The third kappa shape index (κ3) is 4.34. The largest absolute Gasteiger partial charge is 0.451 e. The Morgan fingerprint density at radius 3 is 2.55 bits per heavy atom. The van der Waals surface area contributed by atoms with E-state index in [1.54, 1.807) is 0 Å². The van der Waals surface area contributed by atoms with Gasteiger partial charge < -0.3 is 14.8 Å². The van der Waals surface area contributed by atoms with Gasteiger partial charge in [-0.2, -0.15) is 8.42 Å². The van der Waals surface area contributed by atoms with E-state index >= 15 is 0 Å². The molecule has 0 radical (unpaired) electrons. The number of hydrogen-bond donors (Lipinski definition) is 3. The number of furan rings is 1. The van der Waals surface area contributed by atoms with E-state index in [0.717, 1.165) is 31.1 Å². The number of nitrogens with one attached hydrogen (secondary N) is 2. The molecule has 9 heteroatoms. The number of carbonyl (C=O) groups is 1. The Morgan fingerprint density at radius 2 is 1.94 bits per heavy atom. The summed E-state index contributed by atoms with van der Waals surface area (Å²) in [6.07, 6.45) is 5.26. The summed E-state index contributed by atoms with van der Waals surface area (Å²) in [5.41, 5.74) is 1.53. The number of hydrogen-bond acceptors (Lipinski definition) is 5. The van der Waals surface area contributed by atoms with Crippen LogP contribution in [-0.4, -0.2) is 19.6 Å². The third-order valence-electron chi connectivity index (χ3n) is 6.21. The minimum Gasteiger partial charge on any atom is -0.451 e. The van der Waals surface area contributed by atoms with Gasteiger partial charge in [0, 0.05) is 17.3 Å². The lowest BCUT2D eigenvalue weighted by Crippen LogP contribution is -2.35. The van der Waals surface area contributed by atoms with Gasteiger partial charge in [0.05, 0.1) is 11.9 Å². The van der Waals surface area contributed by atoms with Gasteiger partial charge in [-0.3, -0.25) is 0 Å². The summed E-state index contributed by atoms with van der Waals surface area (Å²) in [6, 6.07) is 1.72. The van der Waals surface area contributed by atoms with Crippen LogP contribution < -0.4 is 10.0 Å². The summed E-state index contributed by atoms with van der Waals surface area (Å²) in [5, 5.41) is 12.2. The highest BCUT2D eigenvalue weighted by atomic mass is 32.2. The molecular weight excluding hydrogens is 423 g/mol. The summed E-state index contributed by atoms with van der Waals surface area (Å²) < 4.78 is 46.8. The molecule has 1 atom stereocenters. The number of urea groups is 1. The molecule has 0 saturated heterocycles. The van der Waals surface area contributed by atoms with Gasteiger partial charge in [-0.05, 0) is 80.5 Å². The van der Waals surface area contributed by atoms with Crippen molar-refractivity contribution in [3.8, 4) is 0 Å². The number of aliphatic hydroxyl groups is 1. The number of halogens is 1. The van der Waals surface area contributed by atoms with Crippen molar-refractivity contribution in [3.05, 3.63) is 46.5 Å². The monoisotopic (exact) mass is 450 g/mol. The van der Waals surface area contributed by atoms with Crippen molar-refractivity contribution in [2.45, 2.75) is 69.5 Å². The molecule has 168 valence electrons. The molecule has 0 bridgehead atoms. The topological polar surface area (TPSA) is 109 Å². The van der Waals surface area contributed by atoms with Crippen LogP contribution in [-0.2, 0) is 28.5 Å². The molecule has 1 saturated carbocycles. The highest BCUT2D eigenvalue weighted by Gasteiger charge is 2.34. The van der Waals surface area contributed by atoms with Crippen molar-refractivity contribution in [2.75, 3.05) is 5.32 Å². The average molecular weight is 451 g/mol. The maximum Gasteiger partial charge on any atom is 0.333 e. The van der Waals surface area contributed by atoms with Crippen molar-refractivity contribution in [2.24, 2.45) is 5.92 Å². The summed E-state index contributed by atoms with van der Waals surface area (Å²) in [5.74, 6) is 0.240. The van der Waals surface area contributed by atoms with E-state index in [2.05, 4.69) is 5.32 Å². The lowest BCUT2D eigenvalue weighted by atomic mass is 9.90. The van der Waals surface area contributed by atoms with Gasteiger partial charge in [-0.1, -0.05) is 6.92 Å². The fourth-order valence-corrected chi connectivity index (χ4v) is 5.05. The molecule has 1 heterocycles. The van der Waals surface area contributed by atoms with Gasteiger partial charge in [0.25, 0.3) is 10.0 Å². The third-order valence-corrected chi connectivity index (χ3v) is 7.41. The van der Waals surface area contributed by atoms with Gasteiger partial charge in [0.1, 0.15) is 5.82 Å². The molecule has 4 rings (SSSR count). The predicted octanol–water partition coefficient (Wildman–Crippen LogP) is 4.16. The lowest BCUT2D eigenvalue weighted by molar-refractivity contribution is 0.0779. The van der Waals surface area contributed by atoms with Crippen LogP contribution in [0.5, 0.6) is 0 Å². The molecule has 0 aliphatic heterocycles. The number of fused-ring (bicyclic) bond motifs is 1. The minimum absolute atomic E-state index is 0.0618. The zero-order chi connectivity index (χ0) is 22.6. The second kappa shape index (κ2) is 7.63. The second-order valence-corrected chi connectivity index (χ2v) is 10.6. The first-order chi connectivity index (χ1) is 14.5. The number of benzene rings is 1. The molecule has 2 amide bonds. The van der Waals surface area contributed by atoms with Crippen molar-refractivity contribution in [1.29, 1.82) is 0 Å². The van der Waals surface area contributed by atoms with Gasteiger partial charge in [0.15, 0.2) is 0 Å². The first-order valence-corrected chi connectivity index (χ1v) is 11.9. The molecule has 31 heavy (non-hydrogen) atoms. The molecule has 1 aromatic carbocycles. The number of carbonyl (C=O) groups excluding carboxylic acids is 1. The Balaban J connectivity index is 1.60. The van der Waals surface area contributed by atoms with Gasteiger partial charge >= 0.3 is 6.03 Å². The fourth-order valence-electron chi connectivity index (χ4n) is 4.20. The number of sulfonamides is 1. The molecule has 2 aliphatic rings. The Labute approximate surface area is 181 Å². The molecule has 1 aromatic heterocycles. The Morgan fingerprint density at radius 1 is 1.26 bits per heavy atom. The van der Waals surface area contributed by atoms with Crippen molar-refractivity contribution in [1.82, 2.24) is 4.72 Å². The number of rotatable bonds is 6. The predicted molar refractivity (Wildman–Crippen MR) is 113 cm³/mol. The van der Waals surface area contributed by atoms with Crippen LogP contribution in [0.3, 0.4) is 0 Å². The van der Waals surface area contributed by atoms with Crippen molar-refractivity contribution in [3.63, 3.8) is 0 Å². The zero-order valence-electron chi connectivity index (χ0n) is 17.8. The Hall–Kier alpha value is -2.39. The van der Waals surface area contributed by atoms with E-state index in [-0.39, 0.29) is 17.3 Å². The lowest BCUT2D eigenvalue weighted by Gasteiger charge is -2.21. The van der Waals surface area contributed by atoms with Crippen LogP contribution in [0.25, 0.3) is 0 Å². The van der Waals surface area contributed by atoms with E-state index in [9.17, 15) is 22.7 Å². The Bertz CT molecular complexity index is 1130.